The average molecular weight is 266 g/mol. The number of hydrogen-bond donors (Lipinski definition) is 2. The second-order valence-electron chi connectivity index (χ2n) is 6.40. The van der Waals surface area contributed by atoms with Crippen LogP contribution in [0.2, 0.25) is 0 Å². The Hall–Kier alpha value is -1.36. The van der Waals surface area contributed by atoms with Crippen molar-refractivity contribution in [3.63, 3.8) is 0 Å². The molecule has 1 unspecified atom stereocenters. The summed E-state index contributed by atoms with van der Waals surface area (Å²) in [6.45, 7) is 10.7. The standard InChI is InChI=1S/C14H26N4O/c1-9-12(10(2)18(6)17-9)13(19)16-8-11(15)7-14(3,4)5/h11H,7-8,15H2,1-6H3,(H,16,19). The number of aryl methyl sites for hydroxylation is 2. The normalized spacial score (nSPS) is 13.4. The molecule has 1 amide bonds. The Labute approximate surface area is 115 Å². The average Bonchev–Trinajstić information content (AvgIpc) is 2.47. The molecule has 0 spiro atoms. The highest BCUT2D eigenvalue weighted by Crippen LogP contribution is 2.19. The monoisotopic (exact) mass is 266 g/mol. The zero-order chi connectivity index (χ0) is 14.8. The smallest absolute Gasteiger partial charge is 0.255 e. The third-order valence-electron chi connectivity index (χ3n) is 3.14. The molecule has 19 heavy (non-hydrogen) atoms. The maximum atomic E-state index is 12.1. The van der Waals surface area contributed by atoms with Crippen molar-refractivity contribution in [2.75, 3.05) is 6.54 Å². The summed E-state index contributed by atoms with van der Waals surface area (Å²) in [4.78, 5) is 12.1. The number of nitrogens with two attached hydrogens (primary N) is 1. The Bertz CT molecular complexity index is 457. The molecule has 1 heterocycles. The van der Waals surface area contributed by atoms with Gasteiger partial charge in [0.1, 0.15) is 0 Å². The summed E-state index contributed by atoms with van der Waals surface area (Å²) in [5.74, 6) is -0.0903. The van der Waals surface area contributed by atoms with Crippen LogP contribution in [0.5, 0.6) is 0 Å². The van der Waals surface area contributed by atoms with E-state index in [1.807, 2.05) is 20.9 Å². The molecule has 0 aromatic carbocycles. The first-order chi connectivity index (χ1) is 8.61. The molecule has 0 aliphatic heterocycles. The Kier molecular flexibility index (Phi) is 4.74. The summed E-state index contributed by atoms with van der Waals surface area (Å²) in [5, 5.41) is 7.14. The molecule has 3 N–H and O–H groups in total. The zero-order valence-electron chi connectivity index (χ0n) is 12.9. The number of carbonyl (C=O) groups is 1. The molecule has 0 fully saturated rings. The van der Waals surface area contributed by atoms with Gasteiger partial charge >= 0.3 is 0 Å². The predicted octanol–water partition coefficient (Wildman–Crippen LogP) is 1.53. The van der Waals surface area contributed by atoms with E-state index in [4.69, 9.17) is 5.73 Å². The van der Waals surface area contributed by atoms with E-state index in [2.05, 4.69) is 31.2 Å². The van der Waals surface area contributed by atoms with Crippen LogP contribution in [0.25, 0.3) is 0 Å². The number of amides is 1. The number of rotatable bonds is 4. The number of nitrogens with zero attached hydrogens (tertiary/aromatic N) is 2. The van der Waals surface area contributed by atoms with Crippen molar-refractivity contribution in [3.05, 3.63) is 17.0 Å². The largest absolute Gasteiger partial charge is 0.350 e. The first-order valence-electron chi connectivity index (χ1n) is 6.66. The maximum absolute atomic E-state index is 12.1. The van der Waals surface area contributed by atoms with Crippen LogP contribution in [-0.2, 0) is 7.05 Å². The van der Waals surface area contributed by atoms with E-state index in [0.29, 0.717) is 12.1 Å². The number of nitrogens with one attached hydrogen (secondary N) is 1. The molecule has 108 valence electrons. The summed E-state index contributed by atoms with van der Waals surface area (Å²) in [6.07, 6.45) is 0.873. The highest BCUT2D eigenvalue weighted by molar-refractivity contribution is 5.96. The second-order valence-corrected chi connectivity index (χ2v) is 6.40. The van der Waals surface area contributed by atoms with Crippen LogP contribution in [0, 0.1) is 19.3 Å². The minimum atomic E-state index is -0.0903. The van der Waals surface area contributed by atoms with E-state index in [9.17, 15) is 4.79 Å². The summed E-state index contributed by atoms with van der Waals surface area (Å²) in [7, 11) is 1.84. The summed E-state index contributed by atoms with van der Waals surface area (Å²) in [6, 6.07) is -0.0266. The Morgan fingerprint density at radius 1 is 1.42 bits per heavy atom. The minimum Gasteiger partial charge on any atom is -0.350 e. The number of carbonyl (C=O) groups excluding carboxylic acids is 1. The zero-order valence-corrected chi connectivity index (χ0v) is 12.9. The number of aromatic nitrogens is 2. The van der Waals surface area contributed by atoms with Crippen LogP contribution in [0.15, 0.2) is 0 Å². The maximum Gasteiger partial charge on any atom is 0.255 e. The summed E-state index contributed by atoms with van der Waals surface area (Å²) >= 11 is 0. The van der Waals surface area contributed by atoms with Crippen LogP contribution in [-0.4, -0.2) is 28.3 Å². The fourth-order valence-corrected chi connectivity index (χ4v) is 2.27. The molecular formula is C14H26N4O. The van der Waals surface area contributed by atoms with Gasteiger partial charge in [-0.25, -0.2) is 0 Å². The van der Waals surface area contributed by atoms with E-state index in [0.717, 1.165) is 17.8 Å². The molecular weight excluding hydrogens is 240 g/mol. The van der Waals surface area contributed by atoms with Crippen molar-refractivity contribution in [2.45, 2.75) is 47.1 Å². The Morgan fingerprint density at radius 2 is 2.00 bits per heavy atom. The molecule has 5 heteroatoms. The van der Waals surface area contributed by atoms with E-state index in [1.165, 1.54) is 0 Å². The van der Waals surface area contributed by atoms with Crippen molar-refractivity contribution in [2.24, 2.45) is 18.2 Å². The Morgan fingerprint density at radius 3 is 2.42 bits per heavy atom. The van der Waals surface area contributed by atoms with Gasteiger partial charge < -0.3 is 11.1 Å². The fourth-order valence-electron chi connectivity index (χ4n) is 2.27. The van der Waals surface area contributed by atoms with Crippen LogP contribution < -0.4 is 11.1 Å². The highest BCUT2D eigenvalue weighted by Gasteiger charge is 2.19. The van der Waals surface area contributed by atoms with Crippen molar-refractivity contribution < 1.29 is 4.79 Å². The van der Waals surface area contributed by atoms with Gasteiger partial charge in [0, 0.05) is 25.3 Å². The molecule has 1 rings (SSSR count). The first-order valence-corrected chi connectivity index (χ1v) is 6.66. The van der Waals surface area contributed by atoms with Gasteiger partial charge in [0.05, 0.1) is 11.3 Å². The number of hydrogen-bond acceptors (Lipinski definition) is 3. The van der Waals surface area contributed by atoms with Crippen molar-refractivity contribution >= 4 is 5.91 Å². The van der Waals surface area contributed by atoms with Gasteiger partial charge in [0.2, 0.25) is 0 Å². The topological polar surface area (TPSA) is 72.9 Å². The van der Waals surface area contributed by atoms with E-state index < -0.39 is 0 Å². The lowest BCUT2D eigenvalue weighted by Gasteiger charge is -2.23. The van der Waals surface area contributed by atoms with Gasteiger partial charge in [0.25, 0.3) is 5.91 Å². The highest BCUT2D eigenvalue weighted by atomic mass is 16.1. The SMILES string of the molecule is Cc1nn(C)c(C)c1C(=O)NCC(N)CC(C)(C)C. The van der Waals surface area contributed by atoms with Crippen LogP contribution in [0.1, 0.15) is 48.9 Å². The lowest BCUT2D eigenvalue weighted by Crippen LogP contribution is -2.39. The van der Waals surface area contributed by atoms with Crippen molar-refractivity contribution in [3.8, 4) is 0 Å². The molecule has 0 saturated carbocycles. The van der Waals surface area contributed by atoms with Crippen LogP contribution >= 0.6 is 0 Å². The van der Waals surface area contributed by atoms with E-state index in [-0.39, 0.29) is 17.4 Å². The summed E-state index contributed by atoms with van der Waals surface area (Å²) in [5.41, 5.74) is 8.49. The van der Waals surface area contributed by atoms with Gasteiger partial charge in [-0.05, 0) is 25.7 Å². The summed E-state index contributed by atoms with van der Waals surface area (Å²) < 4.78 is 1.72. The predicted molar refractivity (Wildman–Crippen MR) is 77.1 cm³/mol. The lowest BCUT2D eigenvalue weighted by atomic mass is 9.88. The van der Waals surface area contributed by atoms with Crippen molar-refractivity contribution in [1.29, 1.82) is 0 Å². The third-order valence-corrected chi connectivity index (χ3v) is 3.14. The molecule has 0 aliphatic rings. The molecule has 0 aliphatic carbocycles. The van der Waals surface area contributed by atoms with Crippen molar-refractivity contribution in [1.82, 2.24) is 15.1 Å². The molecule has 0 saturated heterocycles. The minimum absolute atomic E-state index is 0.0266. The molecule has 0 radical (unpaired) electrons. The molecule has 0 bridgehead atoms. The van der Waals surface area contributed by atoms with Gasteiger partial charge in [-0.3, -0.25) is 9.48 Å². The van der Waals surface area contributed by atoms with E-state index >= 15 is 0 Å². The third kappa shape index (κ3) is 4.35. The van der Waals surface area contributed by atoms with Gasteiger partial charge in [-0.15, -0.1) is 0 Å². The Balaban J connectivity index is 2.61. The second kappa shape index (κ2) is 5.74. The molecule has 1 aromatic rings. The first kappa shape index (κ1) is 15.7. The van der Waals surface area contributed by atoms with Gasteiger partial charge in [-0.1, -0.05) is 20.8 Å². The molecule has 1 atom stereocenters. The van der Waals surface area contributed by atoms with Crippen LogP contribution in [0.3, 0.4) is 0 Å². The lowest BCUT2D eigenvalue weighted by molar-refractivity contribution is 0.0947. The fraction of sp³-hybridized carbons (Fsp3) is 0.714. The quantitative estimate of drug-likeness (QED) is 0.868. The van der Waals surface area contributed by atoms with E-state index in [1.54, 1.807) is 4.68 Å². The van der Waals surface area contributed by atoms with Gasteiger partial charge in [0.15, 0.2) is 0 Å². The van der Waals surface area contributed by atoms with Crippen LogP contribution in [0.4, 0.5) is 0 Å². The van der Waals surface area contributed by atoms with Gasteiger partial charge in [-0.2, -0.15) is 5.10 Å². The molecule has 1 aromatic heterocycles. The molecule has 5 nitrogen and oxygen atoms in total.